The van der Waals surface area contributed by atoms with Crippen molar-refractivity contribution in [1.29, 1.82) is 0 Å². The molecule has 11 rings (SSSR count). The zero-order valence-corrected chi connectivity index (χ0v) is 31.7. The molecule has 0 bridgehead atoms. The molecule has 0 saturated heterocycles. The van der Waals surface area contributed by atoms with Crippen LogP contribution in [0.25, 0.3) is 105 Å². The molecule has 0 aliphatic heterocycles. The number of benzene rings is 9. The predicted molar refractivity (Wildman–Crippen MR) is 240 cm³/mol. The summed E-state index contributed by atoms with van der Waals surface area (Å²) in [6.45, 7) is 4.45. The van der Waals surface area contributed by atoms with Gasteiger partial charge in [0.15, 0.2) is 0 Å². The number of aryl methyl sites for hydroxylation is 2. The van der Waals surface area contributed by atoms with E-state index in [4.69, 9.17) is 9.97 Å². The first-order valence-electron chi connectivity index (χ1n) is 19.6. The Balaban J connectivity index is 0.953. The highest BCUT2D eigenvalue weighted by Crippen LogP contribution is 2.39. The van der Waals surface area contributed by atoms with Crippen LogP contribution in [0.5, 0.6) is 0 Å². The van der Waals surface area contributed by atoms with Crippen molar-refractivity contribution in [2.75, 3.05) is 0 Å². The Hall–Kier alpha value is -7.36. The number of para-hydroxylation sites is 2. The molecule has 268 valence electrons. The molecular weight excluding hydrogens is 691 g/mol. The molecule has 2 heterocycles. The third kappa shape index (κ3) is 5.43. The van der Waals surface area contributed by atoms with Gasteiger partial charge in [-0.25, -0.2) is 4.98 Å². The van der Waals surface area contributed by atoms with Gasteiger partial charge in [0, 0.05) is 32.8 Å². The summed E-state index contributed by atoms with van der Waals surface area (Å²) in [5.41, 5.74) is 17.1. The van der Waals surface area contributed by atoms with E-state index in [-0.39, 0.29) is 0 Å². The molecule has 0 atom stereocenters. The zero-order chi connectivity index (χ0) is 38.0. The van der Waals surface area contributed by atoms with E-state index >= 15 is 0 Å². The molecule has 0 amide bonds. The van der Waals surface area contributed by atoms with Crippen LogP contribution < -0.4 is 0 Å². The maximum absolute atomic E-state index is 5.27. The summed E-state index contributed by atoms with van der Waals surface area (Å²) in [4.78, 5) is 10.3. The second kappa shape index (κ2) is 13.1. The quantitative estimate of drug-likeness (QED) is 0.165. The maximum Gasteiger partial charge on any atom is 0.0979 e. The zero-order valence-electron chi connectivity index (χ0n) is 31.7. The fourth-order valence-electron chi connectivity index (χ4n) is 8.92. The molecule has 0 saturated carbocycles. The van der Waals surface area contributed by atoms with Crippen molar-refractivity contribution in [3.8, 4) is 50.3 Å². The molecule has 0 aliphatic carbocycles. The summed E-state index contributed by atoms with van der Waals surface area (Å²) < 4.78 is 2.37. The fraction of sp³-hybridized carbons (Fsp3) is 0.0370. The van der Waals surface area contributed by atoms with Crippen molar-refractivity contribution in [1.82, 2.24) is 14.5 Å². The SMILES string of the molecule is Cc1cc(-c2cccc(-c3cnc4c5ccccc5c5ccccc5c4n3)c2)c(C)cc1-c1cccc(-c2ccc3c(c2)c2ccccc2n3-c2ccccc2)c1. The molecular formula is C54H37N3. The van der Waals surface area contributed by atoms with E-state index in [9.17, 15) is 0 Å². The minimum atomic E-state index is 0.871. The van der Waals surface area contributed by atoms with Gasteiger partial charge in [-0.1, -0.05) is 140 Å². The second-order valence-corrected chi connectivity index (χ2v) is 15.1. The van der Waals surface area contributed by atoms with Crippen molar-refractivity contribution in [3.63, 3.8) is 0 Å². The van der Waals surface area contributed by atoms with Crippen LogP contribution in [0.15, 0.2) is 188 Å². The minimum absolute atomic E-state index is 0.871. The number of hydrogen-bond donors (Lipinski definition) is 0. The van der Waals surface area contributed by atoms with Crippen molar-refractivity contribution >= 4 is 54.4 Å². The third-order valence-electron chi connectivity index (χ3n) is 11.7. The molecule has 9 aromatic carbocycles. The number of rotatable bonds is 5. The van der Waals surface area contributed by atoms with Crippen LogP contribution in [-0.2, 0) is 0 Å². The molecule has 11 aromatic rings. The Morgan fingerprint density at radius 3 is 1.60 bits per heavy atom. The van der Waals surface area contributed by atoms with Gasteiger partial charge in [-0.2, -0.15) is 0 Å². The van der Waals surface area contributed by atoms with Crippen LogP contribution >= 0.6 is 0 Å². The molecule has 0 spiro atoms. The largest absolute Gasteiger partial charge is 0.309 e. The Morgan fingerprint density at radius 2 is 0.895 bits per heavy atom. The van der Waals surface area contributed by atoms with Crippen molar-refractivity contribution in [2.45, 2.75) is 13.8 Å². The normalized spacial score (nSPS) is 11.7. The van der Waals surface area contributed by atoms with E-state index in [1.165, 1.54) is 82.8 Å². The maximum atomic E-state index is 5.27. The van der Waals surface area contributed by atoms with E-state index in [1.54, 1.807) is 0 Å². The molecule has 57 heavy (non-hydrogen) atoms. The molecule has 0 radical (unpaired) electrons. The van der Waals surface area contributed by atoms with Gasteiger partial charge in [-0.3, -0.25) is 4.98 Å². The first kappa shape index (κ1) is 33.0. The molecule has 3 nitrogen and oxygen atoms in total. The summed E-state index contributed by atoms with van der Waals surface area (Å²) in [5, 5.41) is 7.17. The third-order valence-corrected chi connectivity index (χ3v) is 11.7. The Morgan fingerprint density at radius 1 is 0.368 bits per heavy atom. The highest BCUT2D eigenvalue weighted by Gasteiger charge is 2.16. The van der Waals surface area contributed by atoms with E-state index in [1.807, 2.05) is 6.20 Å². The first-order chi connectivity index (χ1) is 28.1. The predicted octanol–water partition coefficient (Wildman–Crippen LogP) is 14.3. The Bertz CT molecular complexity index is 3340. The molecule has 0 unspecified atom stereocenters. The van der Waals surface area contributed by atoms with Gasteiger partial charge in [0.1, 0.15) is 0 Å². The highest BCUT2D eigenvalue weighted by molar-refractivity contribution is 6.23. The summed E-state index contributed by atoms with van der Waals surface area (Å²) >= 11 is 0. The summed E-state index contributed by atoms with van der Waals surface area (Å²) in [5.74, 6) is 0. The Labute approximate surface area is 331 Å². The van der Waals surface area contributed by atoms with Crippen LogP contribution in [-0.4, -0.2) is 14.5 Å². The average Bonchev–Trinajstić information content (AvgIpc) is 3.61. The lowest BCUT2D eigenvalue weighted by Gasteiger charge is -2.15. The minimum Gasteiger partial charge on any atom is -0.309 e. The summed E-state index contributed by atoms with van der Waals surface area (Å²) in [6, 6.07) is 65.7. The van der Waals surface area contributed by atoms with Crippen molar-refractivity contribution in [2.24, 2.45) is 0 Å². The summed E-state index contributed by atoms with van der Waals surface area (Å²) in [6.07, 6.45) is 1.93. The number of fused-ring (bicyclic) bond motifs is 9. The van der Waals surface area contributed by atoms with Crippen LogP contribution in [0.4, 0.5) is 0 Å². The van der Waals surface area contributed by atoms with E-state index in [0.29, 0.717) is 0 Å². The number of aromatic nitrogens is 3. The van der Waals surface area contributed by atoms with Gasteiger partial charge in [-0.15, -0.1) is 0 Å². The molecule has 0 N–H and O–H groups in total. The van der Waals surface area contributed by atoms with E-state index < -0.39 is 0 Å². The first-order valence-corrected chi connectivity index (χ1v) is 19.6. The number of nitrogens with zero attached hydrogens (tertiary/aromatic N) is 3. The topological polar surface area (TPSA) is 30.7 Å². The lowest BCUT2D eigenvalue weighted by molar-refractivity contribution is 1.18. The lowest BCUT2D eigenvalue weighted by atomic mass is 9.90. The molecule has 3 heteroatoms. The smallest absolute Gasteiger partial charge is 0.0979 e. The molecule has 2 aromatic heterocycles. The highest BCUT2D eigenvalue weighted by atomic mass is 15.0. The van der Waals surface area contributed by atoms with Gasteiger partial charge in [0.25, 0.3) is 0 Å². The van der Waals surface area contributed by atoms with Crippen LogP contribution in [0.1, 0.15) is 11.1 Å². The Kier molecular flexibility index (Phi) is 7.61. The molecule has 0 fully saturated rings. The van der Waals surface area contributed by atoms with Crippen LogP contribution in [0.3, 0.4) is 0 Å². The van der Waals surface area contributed by atoms with Crippen LogP contribution in [0.2, 0.25) is 0 Å². The van der Waals surface area contributed by atoms with Crippen molar-refractivity contribution < 1.29 is 0 Å². The monoisotopic (exact) mass is 727 g/mol. The number of hydrogen-bond acceptors (Lipinski definition) is 2. The van der Waals surface area contributed by atoms with Gasteiger partial charge in [0.2, 0.25) is 0 Å². The fourth-order valence-corrected chi connectivity index (χ4v) is 8.92. The molecule has 0 aliphatic rings. The van der Waals surface area contributed by atoms with Crippen LogP contribution in [0, 0.1) is 13.8 Å². The van der Waals surface area contributed by atoms with E-state index in [2.05, 4.69) is 200 Å². The summed E-state index contributed by atoms with van der Waals surface area (Å²) in [7, 11) is 0. The lowest BCUT2D eigenvalue weighted by Crippen LogP contribution is -1.93. The average molecular weight is 728 g/mol. The second-order valence-electron chi connectivity index (χ2n) is 15.1. The van der Waals surface area contributed by atoms with Gasteiger partial charge < -0.3 is 4.57 Å². The van der Waals surface area contributed by atoms with Gasteiger partial charge in [-0.05, 0) is 112 Å². The van der Waals surface area contributed by atoms with E-state index in [0.717, 1.165) is 33.1 Å². The van der Waals surface area contributed by atoms with Gasteiger partial charge >= 0.3 is 0 Å². The van der Waals surface area contributed by atoms with Gasteiger partial charge in [0.05, 0.1) is 34.0 Å². The van der Waals surface area contributed by atoms with Crippen molar-refractivity contribution in [3.05, 3.63) is 199 Å². The standard InChI is InChI=1S/C54H37N3/c1-34-29-48(39-16-13-17-40(31-39)50-33-55-53-45-23-8-6-20-42(45)43-21-7-9-24-46(43)54(53)56-50)35(2)28-47(34)38-15-12-14-36(30-38)37-26-27-52-49(32-37)44-22-10-11-25-51(44)57(52)41-18-4-3-5-19-41/h3-33H,1-2H3.